The zero-order chi connectivity index (χ0) is 17.3. The lowest BCUT2D eigenvalue weighted by Crippen LogP contribution is -2.12. The SMILES string of the molecule is Cc1cc(C)c(OC(=O)c2nc(-c3ccccc3)oc2C)c(C)c1. The van der Waals surface area contributed by atoms with Gasteiger partial charge in [-0.25, -0.2) is 9.78 Å². The molecule has 0 aliphatic carbocycles. The third-order valence-corrected chi connectivity index (χ3v) is 3.81. The van der Waals surface area contributed by atoms with Crippen LogP contribution in [0.5, 0.6) is 5.75 Å². The van der Waals surface area contributed by atoms with Crippen LogP contribution in [-0.2, 0) is 0 Å². The van der Waals surface area contributed by atoms with E-state index in [9.17, 15) is 4.79 Å². The van der Waals surface area contributed by atoms with Crippen molar-refractivity contribution in [2.45, 2.75) is 27.7 Å². The Bertz CT molecular complexity index is 871. The molecule has 0 atom stereocenters. The average Bonchev–Trinajstić information content (AvgIpc) is 2.93. The van der Waals surface area contributed by atoms with Crippen LogP contribution in [0.25, 0.3) is 11.5 Å². The Morgan fingerprint density at radius 1 is 1.00 bits per heavy atom. The molecule has 3 rings (SSSR count). The number of carbonyl (C=O) groups excluding carboxylic acids is 1. The van der Waals surface area contributed by atoms with E-state index in [1.807, 2.05) is 63.2 Å². The molecule has 0 N–H and O–H groups in total. The van der Waals surface area contributed by atoms with Gasteiger partial charge in [-0.05, 0) is 51.0 Å². The summed E-state index contributed by atoms with van der Waals surface area (Å²) in [6.45, 7) is 7.58. The van der Waals surface area contributed by atoms with Crippen molar-refractivity contribution < 1.29 is 13.9 Å². The smallest absolute Gasteiger partial charge is 0.366 e. The van der Waals surface area contributed by atoms with Crippen LogP contribution < -0.4 is 4.74 Å². The molecule has 0 fully saturated rings. The van der Waals surface area contributed by atoms with Gasteiger partial charge in [-0.1, -0.05) is 35.9 Å². The predicted octanol–water partition coefficient (Wildman–Crippen LogP) is 4.79. The summed E-state index contributed by atoms with van der Waals surface area (Å²) in [6, 6.07) is 13.4. The van der Waals surface area contributed by atoms with Crippen LogP contribution in [-0.4, -0.2) is 11.0 Å². The van der Waals surface area contributed by atoms with Gasteiger partial charge in [0.1, 0.15) is 11.5 Å². The van der Waals surface area contributed by atoms with Crippen molar-refractivity contribution in [3.63, 3.8) is 0 Å². The maximum atomic E-state index is 12.5. The summed E-state index contributed by atoms with van der Waals surface area (Å²) in [5, 5.41) is 0. The van der Waals surface area contributed by atoms with Gasteiger partial charge in [0.15, 0.2) is 5.69 Å². The minimum atomic E-state index is -0.506. The van der Waals surface area contributed by atoms with Crippen LogP contribution in [0.4, 0.5) is 0 Å². The Morgan fingerprint density at radius 2 is 1.62 bits per heavy atom. The molecule has 3 aromatic rings. The second-order valence-corrected chi connectivity index (χ2v) is 5.91. The highest BCUT2D eigenvalue weighted by Gasteiger charge is 2.21. The Hall–Kier alpha value is -2.88. The Morgan fingerprint density at radius 3 is 2.25 bits per heavy atom. The van der Waals surface area contributed by atoms with Gasteiger partial charge in [0, 0.05) is 5.56 Å². The van der Waals surface area contributed by atoms with E-state index in [1.165, 1.54) is 0 Å². The molecule has 0 radical (unpaired) electrons. The Labute approximate surface area is 141 Å². The van der Waals surface area contributed by atoms with E-state index >= 15 is 0 Å². The summed E-state index contributed by atoms with van der Waals surface area (Å²) >= 11 is 0. The number of nitrogens with zero attached hydrogens (tertiary/aromatic N) is 1. The fourth-order valence-corrected chi connectivity index (χ4v) is 2.76. The number of hydrogen-bond acceptors (Lipinski definition) is 4. The minimum Gasteiger partial charge on any atom is -0.441 e. The zero-order valence-electron chi connectivity index (χ0n) is 14.2. The highest BCUT2D eigenvalue weighted by atomic mass is 16.5. The van der Waals surface area contributed by atoms with E-state index in [0.29, 0.717) is 17.4 Å². The molecule has 4 nitrogen and oxygen atoms in total. The summed E-state index contributed by atoms with van der Waals surface area (Å²) in [5.74, 6) is 0.932. The Kier molecular flexibility index (Phi) is 4.21. The van der Waals surface area contributed by atoms with Gasteiger partial charge in [0.25, 0.3) is 0 Å². The molecule has 0 bridgehead atoms. The van der Waals surface area contributed by atoms with E-state index in [1.54, 1.807) is 6.92 Å². The van der Waals surface area contributed by atoms with Crippen LogP contribution >= 0.6 is 0 Å². The van der Waals surface area contributed by atoms with Gasteiger partial charge in [-0.15, -0.1) is 0 Å². The van der Waals surface area contributed by atoms with Crippen molar-refractivity contribution in [1.29, 1.82) is 0 Å². The second kappa shape index (κ2) is 6.32. The van der Waals surface area contributed by atoms with Crippen molar-refractivity contribution in [2.24, 2.45) is 0 Å². The quantitative estimate of drug-likeness (QED) is 0.514. The van der Waals surface area contributed by atoms with Crippen LogP contribution in [0.3, 0.4) is 0 Å². The average molecular weight is 321 g/mol. The first-order valence-electron chi connectivity index (χ1n) is 7.78. The number of esters is 1. The Balaban J connectivity index is 1.90. The molecule has 4 heteroatoms. The van der Waals surface area contributed by atoms with Gasteiger partial charge < -0.3 is 9.15 Å². The molecule has 2 aromatic carbocycles. The lowest BCUT2D eigenvalue weighted by molar-refractivity contribution is 0.0725. The zero-order valence-corrected chi connectivity index (χ0v) is 14.2. The molecule has 0 aliphatic heterocycles. The van der Waals surface area contributed by atoms with Crippen molar-refractivity contribution in [3.05, 3.63) is 70.6 Å². The van der Waals surface area contributed by atoms with E-state index < -0.39 is 5.97 Å². The first-order chi connectivity index (χ1) is 11.5. The number of hydrogen-bond donors (Lipinski definition) is 0. The normalized spacial score (nSPS) is 10.7. The summed E-state index contributed by atoms with van der Waals surface area (Å²) in [7, 11) is 0. The maximum Gasteiger partial charge on any atom is 0.366 e. The van der Waals surface area contributed by atoms with Gasteiger partial charge in [-0.3, -0.25) is 0 Å². The number of rotatable bonds is 3. The molecule has 0 saturated carbocycles. The van der Waals surface area contributed by atoms with Gasteiger partial charge in [-0.2, -0.15) is 0 Å². The molecule has 122 valence electrons. The molecular weight excluding hydrogens is 302 g/mol. The molecule has 0 unspecified atom stereocenters. The molecule has 24 heavy (non-hydrogen) atoms. The van der Waals surface area contributed by atoms with Crippen LogP contribution in [0.2, 0.25) is 0 Å². The largest absolute Gasteiger partial charge is 0.441 e. The van der Waals surface area contributed by atoms with Crippen molar-refractivity contribution in [2.75, 3.05) is 0 Å². The fourth-order valence-electron chi connectivity index (χ4n) is 2.76. The minimum absolute atomic E-state index is 0.202. The molecule has 0 amide bonds. The highest BCUT2D eigenvalue weighted by molar-refractivity contribution is 5.91. The lowest BCUT2D eigenvalue weighted by atomic mass is 10.1. The van der Waals surface area contributed by atoms with Crippen molar-refractivity contribution >= 4 is 5.97 Å². The van der Waals surface area contributed by atoms with Crippen molar-refractivity contribution in [1.82, 2.24) is 4.98 Å². The van der Waals surface area contributed by atoms with Crippen LogP contribution in [0.1, 0.15) is 32.9 Å². The third-order valence-electron chi connectivity index (χ3n) is 3.81. The number of aryl methyl sites for hydroxylation is 4. The van der Waals surface area contributed by atoms with Gasteiger partial charge in [0.05, 0.1) is 0 Å². The molecular formula is C20H19NO3. The van der Waals surface area contributed by atoms with E-state index in [4.69, 9.17) is 9.15 Å². The second-order valence-electron chi connectivity index (χ2n) is 5.91. The third kappa shape index (κ3) is 3.08. The number of benzene rings is 2. The first-order valence-corrected chi connectivity index (χ1v) is 7.78. The first kappa shape index (κ1) is 16.0. The van der Waals surface area contributed by atoms with E-state index in [2.05, 4.69) is 4.98 Å². The predicted molar refractivity (Wildman–Crippen MR) is 92.3 cm³/mol. The van der Waals surface area contributed by atoms with Gasteiger partial charge in [0.2, 0.25) is 5.89 Å². The molecule has 0 aliphatic rings. The molecule has 1 heterocycles. The standard InChI is InChI=1S/C20H19NO3/c1-12-10-13(2)18(14(3)11-12)24-20(22)17-15(4)23-19(21-17)16-8-6-5-7-9-16/h5-11H,1-4H3. The number of ether oxygens (including phenoxy) is 1. The summed E-state index contributed by atoms with van der Waals surface area (Å²) < 4.78 is 11.2. The summed E-state index contributed by atoms with van der Waals surface area (Å²) in [6.07, 6.45) is 0. The molecule has 0 spiro atoms. The maximum absolute atomic E-state index is 12.5. The summed E-state index contributed by atoms with van der Waals surface area (Å²) in [4.78, 5) is 16.8. The topological polar surface area (TPSA) is 52.3 Å². The highest BCUT2D eigenvalue weighted by Crippen LogP contribution is 2.27. The lowest BCUT2D eigenvalue weighted by Gasteiger charge is -2.10. The number of oxazole rings is 1. The summed E-state index contributed by atoms with van der Waals surface area (Å²) in [5.41, 5.74) is 4.00. The fraction of sp³-hybridized carbons (Fsp3) is 0.200. The van der Waals surface area contributed by atoms with E-state index in [0.717, 1.165) is 22.3 Å². The van der Waals surface area contributed by atoms with Gasteiger partial charge >= 0.3 is 5.97 Å². The molecule has 0 saturated heterocycles. The van der Waals surface area contributed by atoms with E-state index in [-0.39, 0.29) is 5.69 Å². The monoisotopic (exact) mass is 321 g/mol. The van der Waals surface area contributed by atoms with Crippen molar-refractivity contribution in [3.8, 4) is 17.2 Å². The number of carbonyl (C=O) groups is 1. The van der Waals surface area contributed by atoms with Crippen LogP contribution in [0.15, 0.2) is 46.9 Å². The number of aromatic nitrogens is 1. The molecule has 1 aromatic heterocycles. The van der Waals surface area contributed by atoms with Crippen LogP contribution in [0, 0.1) is 27.7 Å².